The second kappa shape index (κ2) is 13.2. The van der Waals surface area contributed by atoms with Crippen molar-refractivity contribution >= 4 is 45.7 Å². The summed E-state index contributed by atoms with van der Waals surface area (Å²) in [6.45, 7) is 1.65. The van der Waals surface area contributed by atoms with Crippen molar-refractivity contribution in [3.63, 3.8) is 0 Å². The molecule has 3 rings (SSSR count). The summed E-state index contributed by atoms with van der Waals surface area (Å²) < 4.78 is 63.5. The summed E-state index contributed by atoms with van der Waals surface area (Å²) >= 11 is 3.01. The molecule has 0 radical (unpaired) electrons. The molecule has 0 bridgehead atoms. The number of carboxylic acid groups (broad SMARTS) is 2. The average Bonchev–Trinajstić information content (AvgIpc) is 3.49. The van der Waals surface area contributed by atoms with Gasteiger partial charge in [0.25, 0.3) is 5.91 Å². The van der Waals surface area contributed by atoms with Crippen LogP contribution in [-0.2, 0) is 16.0 Å². The molecule has 1 aliphatic heterocycles. The minimum atomic E-state index is -5.08. The van der Waals surface area contributed by atoms with E-state index in [9.17, 15) is 31.1 Å². The molecule has 196 valence electrons. The van der Waals surface area contributed by atoms with E-state index in [4.69, 9.17) is 25.5 Å². The Bertz CT molecular complexity index is 963. The van der Waals surface area contributed by atoms with E-state index in [0.717, 1.165) is 23.5 Å². The molecule has 6 N–H and O–H groups in total. The molecule has 1 aliphatic rings. The summed E-state index contributed by atoms with van der Waals surface area (Å²) in [5.41, 5.74) is 6.51. The van der Waals surface area contributed by atoms with Crippen LogP contribution in [0.2, 0.25) is 0 Å². The van der Waals surface area contributed by atoms with Crippen LogP contribution in [0.5, 0.6) is 0 Å². The van der Waals surface area contributed by atoms with E-state index < -0.39 is 24.3 Å². The monoisotopic (exact) mass is 550 g/mol. The van der Waals surface area contributed by atoms with Crippen molar-refractivity contribution in [2.45, 2.75) is 37.7 Å². The predicted octanol–water partition coefficient (Wildman–Crippen LogP) is 3.45. The van der Waals surface area contributed by atoms with Crippen molar-refractivity contribution in [3.8, 4) is 0 Å². The molecule has 0 saturated carbocycles. The van der Waals surface area contributed by atoms with Gasteiger partial charge in [0.1, 0.15) is 0 Å². The number of carbonyl (C=O) groups excluding carboxylic acids is 1. The van der Waals surface area contributed by atoms with E-state index >= 15 is 0 Å². The Morgan fingerprint density at radius 1 is 1.11 bits per heavy atom. The quantitative estimate of drug-likeness (QED) is 0.355. The first-order valence-electron chi connectivity index (χ1n) is 9.52. The zero-order valence-corrected chi connectivity index (χ0v) is 19.2. The first-order chi connectivity index (χ1) is 16.1. The summed E-state index contributed by atoms with van der Waals surface area (Å²) in [6, 6.07) is 4.40. The van der Waals surface area contributed by atoms with Gasteiger partial charge in [0, 0.05) is 29.3 Å². The Morgan fingerprint density at radius 2 is 1.69 bits per heavy atom. The number of anilines is 1. The largest absolute Gasteiger partial charge is 0.490 e. The second-order valence-corrected chi connectivity index (χ2v) is 8.64. The molecule has 1 saturated heterocycles. The van der Waals surface area contributed by atoms with E-state index in [0.29, 0.717) is 24.1 Å². The van der Waals surface area contributed by atoms with Crippen LogP contribution in [0.15, 0.2) is 17.5 Å². The normalized spacial score (nSPS) is 15.3. The number of thiophene rings is 1. The fourth-order valence-electron chi connectivity index (χ4n) is 2.42. The third-order valence-corrected chi connectivity index (χ3v) is 5.90. The van der Waals surface area contributed by atoms with Gasteiger partial charge in [0.15, 0.2) is 5.13 Å². The van der Waals surface area contributed by atoms with Crippen LogP contribution >= 0.6 is 22.7 Å². The Kier molecular flexibility index (Phi) is 11.4. The molecule has 1 fully saturated rings. The van der Waals surface area contributed by atoms with Crippen LogP contribution in [0.3, 0.4) is 0 Å². The highest BCUT2D eigenvalue weighted by Crippen LogP contribution is 2.29. The first-order valence-corrected chi connectivity index (χ1v) is 11.2. The third-order valence-electron chi connectivity index (χ3n) is 3.98. The Balaban J connectivity index is 0.000000362. The maximum absolute atomic E-state index is 12.1. The fraction of sp³-hybridized carbons (Fsp3) is 0.444. The molecule has 0 aromatic carbocycles. The van der Waals surface area contributed by atoms with Crippen molar-refractivity contribution in [3.05, 3.63) is 33.0 Å². The minimum absolute atomic E-state index is 0.00699. The predicted molar refractivity (Wildman–Crippen MR) is 114 cm³/mol. The number of rotatable bonds is 5. The molecule has 2 aromatic rings. The number of nitrogens with one attached hydrogen (secondary N) is 2. The molecule has 2 aromatic heterocycles. The summed E-state index contributed by atoms with van der Waals surface area (Å²) in [5.74, 6) is -5.52. The minimum Gasteiger partial charge on any atom is -0.475 e. The molecule has 1 unspecified atom stereocenters. The molecular weight excluding hydrogens is 530 g/mol. The van der Waals surface area contributed by atoms with Crippen molar-refractivity contribution in [2.24, 2.45) is 0 Å². The summed E-state index contributed by atoms with van der Waals surface area (Å²) in [6.07, 6.45) is -7.09. The Hall–Kier alpha value is -2.92. The number of nitrogen functional groups attached to an aromatic ring is 1. The van der Waals surface area contributed by atoms with Gasteiger partial charge in [0.05, 0.1) is 10.6 Å². The molecule has 1 amide bonds. The zero-order chi connectivity index (χ0) is 26.8. The van der Waals surface area contributed by atoms with Gasteiger partial charge < -0.3 is 26.6 Å². The van der Waals surface area contributed by atoms with E-state index in [2.05, 4.69) is 21.7 Å². The Labute approximate surface area is 202 Å². The van der Waals surface area contributed by atoms with Crippen LogP contribution in [0.1, 0.15) is 39.1 Å². The lowest BCUT2D eigenvalue weighted by Crippen LogP contribution is -2.24. The van der Waals surface area contributed by atoms with Crippen LogP contribution in [-0.4, -0.2) is 58.5 Å². The van der Waals surface area contributed by atoms with Crippen molar-refractivity contribution in [1.82, 2.24) is 15.6 Å². The van der Waals surface area contributed by atoms with Crippen molar-refractivity contribution < 1.29 is 50.9 Å². The fourth-order valence-corrected chi connectivity index (χ4v) is 4.05. The lowest BCUT2D eigenvalue weighted by Gasteiger charge is -2.06. The van der Waals surface area contributed by atoms with Gasteiger partial charge in [-0.05, 0) is 31.5 Å². The second-order valence-electron chi connectivity index (χ2n) is 6.64. The molecule has 17 heteroatoms. The zero-order valence-electron chi connectivity index (χ0n) is 17.6. The molecule has 9 nitrogen and oxygen atoms in total. The molecule has 35 heavy (non-hydrogen) atoms. The van der Waals surface area contributed by atoms with Gasteiger partial charge in [-0.15, -0.1) is 22.7 Å². The van der Waals surface area contributed by atoms with Gasteiger partial charge in [-0.3, -0.25) is 4.79 Å². The lowest BCUT2D eigenvalue weighted by molar-refractivity contribution is -0.193. The lowest BCUT2D eigenvalue weighted by atomic mass is 10.2. The smallest absolute Gasteiger partial charge is 0.475 e. The van der Waals surface area contributed by atoms with E-state index in [-0.39, 0.29) is 5.91 Å². The SMILES string of the molecule is Nc1nc(CCNC(=O)c2ccc(C3CCCN3)s2)cs1.O=C(O)C(F)(F)F.O=C(O)C(F)(F)F. The number of carboxylic acids is 2. The van der Waals surface area contributed by atoms with Gasteiger partial charge in [0.2, 0.25) is 0 Å². The summed E-state index contributed by atoms with van der Waals surface area (Å²) in [5, 5.41) is 23.1. The van der Waals surface area contributed by atoms with Crippen molar-refractivity contribution in [2.75, 3.05) is 18.8 Å². The number of amides is 1. The molecule has 1 atom stereocenters. The standard InChI is InChI=1S/C14H18N4OS2.2C2HF3O2/c15-14-18-9(8-20-14)5-7-17-13(19)12-4-3-11(21-12)10-2-1-6-16-10;2*3-2(4,5)1(6)7/h3-4,8,10,16H,1-2,5-7H2,(H2,15,18)(H,17,19);2*(H,6,7). The number of nitrogens with zero attached hydrogens (tertiary/aromatic N) is 1. The highest BCUT2D eigenvalue weighted by atomic mass is 32.1. The number of hydrogen-bond donors (Lipinski definition) is 5. The molecule has 0 spiro atoms. The number of halogens is 6. The maximum atomic E-state index is 12.1. The number of thiazole rings is 1. The number of nitrogens with two attached hydrogens (primary N) is 1. The summed E-state index contributed by atoms with van der Waals surface area (Å²) in [4.78, 5) is 36.1. The van der Waals surface area contributed by atoms with E-state index in [1.165, 1.54) is 22.6 Å². The topological polar surface area (TPSA) is 155 Å². The summed E-state index contributed by atoms with van der Waals surface area (Å²) in [7, 11) is 0. The van der Waals surface area contributed by atoms with E-state index in [1.807, 2.05) is 11.4 Å². The highest BCUT2D eigenvalue weighted by Gasteiger charge is 2.38. The average molecular weight is 551 g/mol. The number of carbonyl (C=O) groups is 3. The number of aromatic nitrogens is 1. The van der Waals surface area contributed by atoms with Gasteiger partial charge in [-0.2, -0.15) is 26.3 Å². The molecule has 0 aliphatic carbocycles. The molecular formula is C18H20F6N4O5S2. The first kappa shape index (κ1) is 30.1. The van der Waals surface area contributed by atoms with E-state index in [1.54, 1.807) is 11.3 Å². The van der Waals surface area contributed by atoms with Crippen molar-refractivity contribution in [1.29, 1.82) is 0 Å². The number of hydrogen-bond acceptors (Lipinski definition) is 8. The van der Waals surface area contributed by atoms with Gasteiger partial charge in [-0.25, -0.2) is 14.6 Å². The third kappa shape index (κ3) is 11.4. The number of alkyl halides is 6. The Morgan fingerprint density at radius 3 is 2.11 bits per heavy atom. The highest BCUT2D eigenvalue weighted by molar-refractivity contribution is 7.14. The number of aliphatic carboxylic acids is 2. The van der Waals surface area contributed by atoms with Crippen LogP contribution in [0, 0.1) is 0 Å². The van der Waals surface area contributed by atoms with Gasteiger partial charge >= 0.3 is 24.3 Å². The van der Waals surface area contributed by atoms with Gasteiger partial charge in [-0.1, -0.05) is 0 Å². The molecule has 3 heterocycles. The van der Waals surface area contributed by atoms with Crippen LogP contribution in [0.4, 0.5) is 31.5 Å². The maximum Gasteiger partial charge on any atom is 0.490 e. The van der Waals surface area contributed by atoms with Crippen LogP contribution in [0.25, 0.3) is 0 Å². The van der Waals surface area contributed by atoms with Crippen LogP contribution < -0.4 is 16.4 Å².